The number of ether oxygens (including phenoxy) is 2. The number of hydrogen-bond donors (Lipinski definition) is 0. The Kier molecular flexibility index (Phi) is 4.14. The van der Waals surface area contributed by atoms with E-state index in [2.05, 4.69) is 29.2 Å². The lowest BCUT2D eigenvalue weighted by molar-refractivity contribution is -0.0819. The Bertz CT molecular complexity index is 268. The van der Waals surface area contributed by atoms with E-state index < -0.39 is 0 Å². The monoisotopic (exact) mass is 207 g/mol. The van der Waals surface area contributed by atoms with Crippen molar-refractivity contribution in [2.75, 3.05) is 33.1 Å². The van der Waals surface area contributed by atoms with E-state index in [-0.39, 0.29) is 0 Å². The molecule has 1 aliphatic rings. The van der Waals surface area contributed by atoms with Gasteiger partial charge in [-0.25, -0.2) is 0 Å². The molecule has 82 valence electrons. The van der Waals surface area contributed by atoms with Crippen molar-refractivity contribution in [3.05, 3.63) is 35.9 Å². The molecule has 3 heteroatoms. The molecule has 1 aliphatic heterocycles. The van der Waals surface area contributed by atoms with Gasteiger partial charge in [-0.05, 0) is 5.56 Å². The molecule has 15 heavy (non-hydrogen) atoms. The van der Waals surface area contributed by atoms with E-state index in [9.17, 15) is 0 Å². The quantitative estimate of drug-likeness (QED) is 0.733. The van der Waals surface area contributed by atoms with E-state index >= 15 is 0 Å². The van der Waals surface area contributed by atoms with E-state index in [4.69, 9.17) is 9.47 Å². The van der Waals surface area contributed by atoms with Crippen molar-refractivity contribution in [2.45, 2.75) is 6.54 Å². The van der Waals surface area contributed by atoms with Crippen molar-refractivity contribution in [2.24, 2.45) is 0 Å². The molecular weight excluding hydrogens is 190 g/mol. The highest BCUT2D eigenvalue weighted by Gasteiger charge is 2.08. The van der Waals surface area contributed by atoms with Crippen LogP contribution in [-0.4, -0.2) is 38.0 Å². The lowest BCUT2D eigenvalue weighted by Gasteiger charge is -2.24. The predicted octanol–water partition coefficient (Wildman–Crippen LogP) is 1.49. The van der Waals surface area contributed by atoms with Crippen molar-refractivity contribution in [1.82, 2.24) is 4.90 Å². The Balaban J connectivity index is 1.86. The molecule has 0 unspecified atom stereocenters. The summed E-state index contributed by atoms with van der Waals surface area (Å²) < 4.78 is 10.6. The molecule has 1 aromatic carbocycles. The van der Waals surface area contributed by atoms with Gasteiger partial charge >= 0.3 is 0 Å². The molecule has 0 aromatic heterocycles. The van der Waals surface area contributed by atoms with Crippen LogP contribution in [-0.2, 0) is 16.0 Å². The summed E-state index contributed by atoms with van der Waals surface area (Å²) in [6.07, 6.45) is 0. The lowest BCUT2D eigenvalue weighted by Crippen LogP contribution is -2.33. The van der Waals surface area contributed by atoms with Gasteiger partial charge in [0, 0.05) is 19.6 Å². The minimum Gasteiger partial charge on any atom is -0.354 e. The van der Waals surface area contributed by atoms with Gasteiger partial charge < -0.3 is 9.47 Å². The average Bonchev–Trinajstić information content (AvgIpc) is 2.23. The highest BCUT2D eigenvalue weighted by Crippen LogP contribution is 2.05. The molecule has 3 nitrogen and oxygen atoms in total. The predicted molar refractivity (Wildman–Crippen MR) is 58.5 cm³/mol. The van der Waals surface area contributed by atoms with E-state index in [1.54, 1.807) is 0 Å². The lowest BCUT2D eigenvalue weighted by atomic mass is 10.2. The van der Waals surface area contributed by atoms with Crippen molar-refractivity contribution in [3.8, 4) is 0 Å². The highest BCUT2D eigenvalue weighted by molar-refractivity contribution is 5.14. The normalized spacial score (nSPS) is 19.5. The fraction of sp³-hybridized carbons (Fsp3) is 0.500. The van der Waals surface area contributed by atoms with Gasteiger partial charge in [-0.1, -0.05) is 30.3 Å². The first-order chi connectivity index (χ1) is 7.45. The second kappa shape index (κ2) is 5.85. The maximum atomic E-state index is 5.28. The standard InChI is InChI=1S/C12H17NO2/c1-2-4-12(5-3-1)10-13-6-8-14-11-15-9-7-13/h1-5H,6-11H2. The summed E-state index contributed by atoms with van der Waals surface area (Å²) >= 11 is 0. The van der Waals surface area contributed by atoms with Crippen molar-refractivity contribution in [3.63, 3.8) is 0 Å². The summed E-state index contributed by atoms with van der Waals surface area (Å²) in [5, 5.41) is 0. The van der Waals surface area contributed by atoms with E-state index in [0.29, 0.717) is 6.79 Å². The first kappa shape index (κ1) is 10.6. The molecule has 0 atom stereocenters. The van der Waals surface area contributed by atoms with Gasteiger partial charge in [-0.3, -0.25) is 4.90 Å². The van der Waals surface area contributed by atoms with Crippen molar-refractivity contribution in [1.29, 1.82) is 0 Å². The van der Waals surface area contributed by atoms with Crippen LogP contribution in [0.4, 0.5) is 0 Å². The molecule has 0 amide bonds. The highest BCUT2D eigenvalue weighted by atomic mass is 16.7. The van der Waals surface area contributed by atoms with Crippen LogP contribution in [0.1, 0.15) is 5.56 Å². The summed E-state index contributed by atoms with van der Waals surface area (Å²) in [5.41, 5.74) is 1.35. The van der Waals surface area contributed by atoms with Crippen LogP contribution in [0.2, 0.25) is 0 Å². The molecule has 1 aromatic rings. The molecule has 0 spiro atoms. The van der Waals surface area contributed by atoms with Gasteiger partial charge in [-0.15, -0.1) is 0 Å². The molecule has 0 N–H and O–H groups in total. The second-order valence-electron chi connectivity index (χ2n) is 3.70. The summed E-state index contributed by atoms with van der Waals surface area (Å²) in [7, 11) is 0. The fourth-order valence-corrected chi connectivity index (χ4v) is 1.68. The molecule has 1 saturated heterocycles. The van der Waals surface area contributed by atoms with Crippen LogP contribution in [0.5, 0.6) is 0 Å². The van der Waals surface area contributed by atoms with Gasteiger partial charge in [0.15, 0.2) is 0 Å². The van der Waals surface area contributed by atoms with E-state index in [1.807, 2.05) is 6.07 Å². The molecular formula is C12H17NO2. The summed E-state index contributed by atoms with van der Waals surface area (Å²) in [4.78, 5) is 2.36. The first-order valence-electron chi connectivity index (χ1n) is 5.37. The van der Waals surface area contributed by atoms with Crippen LogP contribution < -0.4 is 0 Å². The van der Waals surface area contributed by atoms with Gasteiger partial charge in [-0.2, -0.15) is 0 Å². The van der Waals surface area contributed by atoms with Gasteiger partial charge in [0.2, 0.25) is 0 Å². The number of nitrogens with zero attached hydrogens (tertiary/aromatic N) is 1. The Hall–Kier alpha value is -0.900. The van der Waals surface area contributed by atoms with Gasteiger partial charge in [0.25, 0.3) is 0 Å². The zero-order valence-corrected chi connectivity index (χ0v) is 8.89. The molecule has 1 heterocycles. The van der Waals surface area contributed by atoms with Crippen LogP contribution in [0.15, 0.2) is 30.3 Å². The maximum Gasteiger partial charge on any atom is 0.146 e. The Labute approximate surface area is 90.6 Å². The Morgan fingerprint density at radius 3 is 2.33 bits per heavy atom. The molecule has 0 saturated carbocycles. The Morgan fingerprint density at radius 2 is 1.67 bits per heavy atom. The van der Waals surface area contributed by atoms with Crippen LogP contribution in [0.25, 0.3) is 0 Å². The van der Waals surface area contributed by atoms with Crippen LogP contribution in [0, 0.1) is 0 Å². The van der Waals surface area contributed by atoms with Crippen molar-refractivity contribution < 1.29 is 9.47 Å². The zero-order valence-electron chi connectivity index (χ0n) is 8.89. The fourth-order valence-electron chi connectivity index (χ4n) is 1.68. The summed E-state index contributed by atoms with van der Waals surface area (Å²) in [5.74, 6) is 0. The summed E-state index contributed by atoms with van der Waals surface area (Å²) in [6, 6.07) is 10.5. The van der Waals surface area contributed by atoms with Crippen LogP contribution >= 0.6 is 0 Å². The van der Waals surface area contributed by atoms with Gasteiger partial charge in [0.1, 0.15) is 6.79 Å². The second-order valence-corrected chi connectivity index (χ2v) is 3.70. The summed E-state index contributed by atoms with van der Waals surface area (Å²) in [6.45, 7) is 4.91. The molecule has 0 bridgehead atoms. The smallest absolute Gasteiger partial charge is 0.146 e. The van der Waals surface area contributed by atoms with Crippen molar-refractivity contribution >= 4 is 0 Å². The Morgan fingerprint density at radius 1 is 1.00 bits per heavy atom. The number of hydrogen-bond acceptors (Lipinski definition) is 3. The zero-order chi connectivity index (χ0) is 10.3. The number of rotatable bonds is 2. The van der Waals surface area contributed by atoms with Gasteiger partial charge in [0.05, 0.1) is 13.2 Å². The molecule has 2 rings (SSSR count). The maximum absolute atomic E-state index is 5.28. The average molecular weight is 207 g/mol. The largest absolute Gasteiger partial charge is 0.354 e. The topological polar surface area (TPSA) is 21.7 Å². The minimum atomic E-state index is 0.444. The third-order valence-electron chi connectivity index (χ3n) is 2.52. The first-order valence-corrected chi connectivity index (χ1v) is 5.37. The third kappa shape index (κ3) is 3.63. The molecule has 1 fully saturated rings. The molecule has 0 aliphatic carbocycles. The third-order valence-corrected chi connectivity index (χ3v) is 2.52. The SMILES string of the molecule is c1ccc(CN2CCOCOCC2)cc1. The van der Waals surface area contributed by atoms with E-state index in [0.717, 1.165) is 32.8 Å². The number of benzene rings is 1. The molecule has 0 radical (unpaired) electrons. The van der Waals surface area contributed by atoms with Crippen LogP contribution in [0.3, 0.4) is 0 Å². The van der Waals surface area contributed by atoms with E-state index in [1.165, 1.54) is 5.56 Å². The minimum absolute atomic E-state index is 0.444.